The van der Waals surface area contributed by atoms with Gasteiger partial charge in [-0.1, -0.05) is 25.3 Å². The third kappa shape index (κ3) is 4.65. The molecule has 1 aliphatic carbocycles. The van der Waals surface area contributed by atoms with Gasteiger partial charge in [0.2, 0.25) is 17.8 Å². The van der Waals surface area contributed by atoms with Crippen molar-refractivity contribution in [2.75, 3.05) is 23.7 Å². The monoisotopic (exact) mass is 473 g/mol. The predicted octanol–water partition coefficient (Wildman–Crippen LogP) is 3.56. The zero-order chi connectivity index (χ0) is 22.9. The van der Waals surface area contributed by atoms with Crippen LogP contribution in [0.15, 0.2) is 24.4 Å². The number of nitrogens with one attached hydrogen (secondary N) is 2. The van der Waals surface area contributed by atoms with Gasteiger partial charge in [-0.3, -0.25) is 9.36 Å². The van der Waals surface area contributed by atoms with Gasteiger partial charge in [-0.15, -0.1) is 0 Å². The molecule has 2 aliphatic rings. The van der Waals surface area contributed by atoms with Crippen LogP contribution in [0.5, 0.6) is 0 Å². The lowest BCUT2D eigenvalue weighted by Crippen LogP contribution is -2.26. The number of likely N-dealkylation sites (tertiary alicyclic amines) is 1. The molecule has 1 amide bonds. The maximum Gasteiger partial charge on any atom is 0.224 e. The third-order valence-corrected chi connectivity index (χ3v) is 6.54. The molecule has 1 aliphatic heterocycles. The van der Waals surface area contributed by atoms with Gasteiger partial charge in [0.1, 0.15) is 22.8 Å². The highest BCUT2D eigenvalue weighted by Crippen LogP contribution is 2.33. The number of hydrogen-bond donors (Lipinski definition) is 2. The minimum atomic E-state index is -0.712. The lowest BCUT2D eigenvalue weighted by atomic mass is 9.96. The molecule has 1 saturated heterocycles. The lowest BCUT2D eigenvalue weighted by Gasteiger charge is -2.22. The summed E-state index contributed by atoms with van der Waals surface area (Å²) in [7, 11) is 0. The van der Waals surface area contributed by atoms with E-state index < -0.39 is 11.6 Å². The van der Waals surface area contributed by atoms with E-state index in [4.69, 9.17) is 4.98 Å². The van der Waals surface area contributed by atoms with E-state index in [0.29, 0.717) is 42.7 Å². The van der Waals surface area contributed by atoms with Gasteiger partial charge in [-0.25, -0.2) is 18.7 Å². The van der Waals surface area contributed by atoms with Crippen LogP contribution in [-0.4, -0.2) is 54.9 Å². The second-order valence-corrected chi connectivity index (χ2v) is 8.82. The van der Waals surface area contributed by atoms with Crippen molar-refractivity contribution in [3.8, 4) is 0 Å². The van der Waals surface area contributed by atoms with Crippen LogP contribution in [0, 0.1) is 11.6 Å². The average molecular weight is 474 g/mol. The molecule has 2 fully saturated rings. The summed E-state index contributed by atoms with van der Waals surface area (Å²) in [6.45, 7) is 2.62. The number of halogens is 2. The van der Waals surface area contributed by atoms with Crippen molar-refractivity contribution in [1.82, 2.24) is 24.4 Å². The zero-order valence-corrected chi connectivity index (χ0v) is 19.0. The fourth-order valence-corrected chi connectivity index (χ4v) is 4.79. The van der Waals surface area contributed by atoms with Crippen LogP contribution >= 0.6 is 0 Å². The van der Waals surface area contributed by atoms with Crippen molar-refractivity contribution in [2.24, 2.45) is 0 Å². The summed E-state index contributed by atoms with van der Waals surface area (Å²) in [4.78, 5) is 27.4. The van der Waals surface area contributed by atoms with E-state index in [9.17, 15) is 13.6 Å². The Morgan fingerprint density at radius 1 is 1.09 bits per heavy atom. The Bertz CT molecular complexity index is 1160. The molecule has 5 rings (SSSR count). The Hall–Kier alpha value is -3.34. The Labute approximate surface area is 195 Å². The number of aromatic nitrogens is 4. The second-order valence-electron chi connectivity index (χ2n) is 8.82. The summed E-state index contributed by atoms with van der Waals surface area (Å²) in [5, 5.41) is 6.26. The Morgan fingerprint density at radius 3 is 2.50 bits per heavy atom. The largest absolute Gasteiger partial charge is 0.412 e. The summed E-state index contributed by atoms with van der Waals surface area (Å²) in [5.41, 5.74) is 0.812. The molecular weight excluding hydrogens is 444 g/mol. The van der Waals surface area contributed by atoms with Crippen LogP contribution in [0.1, 0.15) is 51.5 Å². The maximum absolute atomic E-state index is 14.4. The first-order valence-electron chi connectivity index (χ1n) is 11.5. The number of benzene rings is 1. The van der Waals surface area contributed by atoms with Gasteiger partial charge in [-0.2, -0.15) is 4.98 Å². The molecule has 1 atom stereocenters. The third-order valence-electron chi connectivity index (χ3n) is 6.54. The number of fused-ring (bicyclic) bond motifs is 1. The van der Waals surface area contributed by atoms with Crippen molar-refractivity contribution in [3.63, 3.8) is 0 Å². The van der Waals surface area contributed by atoms with E-state index in [1.807, 2.05) is 4.57 Å². The average Bonchev–Trinajstić information content (AvgIpc) is 3.41. The first-order valence-corrected chi connectivity index (χ1v) is 11.5. The van der Waals surface area contributed by atoms with Crippen molar-refractivity contribution in [2.45, 2.75) is 57.5 Å². The van der Waals surface area contributed by atoms with Gasteiger partial charge >= 0.3 is 0 Å². The molecule has 34 heavy (non-hydrogen) atoms. The number of anilines is 3. The maximum atomic E-state index is 14.4. The number of carbonyl (C=O) groups excluding carboxylic acids is 1. The van der Waals surface area contributed by atoms with Gasteiger partial charge in [0.25, 0.3) is 0 Å². The molecule has 3 aromatic rings. The van der Waals surface area contributed by atoms with E-state index in [1.165, 1.54) is 44.4 Å². The number of nitrogens with zero attached hydrogens (tertiary/aromatic N) is 5. The summed E-state index contributed by atoms with van der Waals surface area (Å²) >= 11 is 0. The van der Waals surface area contributed by atoms with Crippen LogP contribution in [0.2, 0.25) is 0 Å². The molecule has 11 heteroatoms. The van der Waals surface area contributed by atoms with Crippen molar-refractivity contribution in [1.29, 1.82) is 0 Å². The molecule has 0 bridgehead atoms. The van der Waals surface area contributed by atoms with E-state index >= 15 is 0 Å². The minimum Gasteiger partial charge on any atom is -0.412 e. The van der Waals surface area contributed by atoms with E-state index in [2.05, 4.69) is 20.6 Å². The molecule has 1 saturated carbocycles. The number of carbonyl (C=O) groups is 1. The number of para-hydroxylation sites is 1. The first kappa shape index (κ1) is 23.8. The lowest BCUT2D eigenvalue weighted by molar-refractivity contribution is -0.127. The topological polar surface area (TPSA) is 119 Å². The predicted molar refractivity (Wildman–Crippen MR) is 125 cm³/mol. The van der Waals surface area contributed by atoms with Crippen molar-refractivity contribution in [3.05, 3.63) is 36.0 Å². The first-order chi connectivity index (χ1) is 16.0. The molecule has 4 N–H and O–H groups in total. The van der Waals surface area contributed by atoms with Gasteiger partial charge in [-0.05, 0) is 31.4 Å². The molecule has 2 aromatic heterocycles. The SMILES string of the molecule is CC(=O)N1CCC(n2c(Nc3c(F)cccc3F)nc3cnc(NC4CCCCC4)nc32)C1.O. The van der Waals surface area contributed by atoms with Gasteiger partial charge < -0.3 is 21.0 Å². The molecule has 0 radical (unpaired) electrons. The van der Waals surface area contributed by atoms with Crippen LogP contribution in [0.3, 0.4) is 0 Å². The normalized spacial score (nSPS) is 18.7. The molecule has 9 nitrogen and oxygen atoms in total. The van der Waals surface area contributed by atoms with Crippen LogP contribution in [-0.2, 0) is 4.79 Å². The van der Waals surface area contributed by atoms with Gasteiger partial charge in [0.05, 0.1) is 12.2 Å². The highest BCUT2D eigenvalue weighted by atomic mass is 19.1. The Kier molecular flexibility index (Phi) is 6.92. The van der Waals surface area contributed by atoms with Crippen LogP contribution in [0.25, 0.3) is 11.2 Å². The quantitative estimate of drug-likeness (QED) is 0.585. The second kappa shape index (κ2) is 9.88. The zero-order valence-electron chi connectivity index (χ0n) is 19.0. The molecule has 1 unspecified atom stereocenters. The summed E-state index contributed by atoms with van der Waals surface area (Å²) in [5.74, 6) is -0.646. The van der Waals surface area contributed by atoms with Gasteiger partial charge in [0.15, 0.2) is 5.65 Å². The van der Waals surface area contributed by atoms with E-state index in [1.54, 1.807) is 11.1 Å². The standard InChI is InChI=1S/C23H27F2N7O.H2O/c1-14(33)31-11-10-16(13-31)32-21-19(12-26-22(30-21)27-15-6-3-2-4-7-15)28-23(32)29-20-17(24)8-5-9-18(20)25;/h5,8-9,12,15-16H,2-4,6-7,10-11,13H2,1H3,(H,28,29)(H,26,27,30);1H2. The number of rotatable bonds is 5. The number of hydrogen-bond acceptors (Lipinski definition) is 6. The van der Waals surface area contributed by atoms with E-state index in [0.717, 1.165) is 12.8 Å². The van der Waals surface area contributed by atoms with Crippen molar-refractivity contribution >= 4 is 34.7 Å². The molecule has 182 valence electrons. The van der Waals surface area contributed by atoms with Gasteiger partial charge in [0, 0.05) is 26.1 Å². The summed E-state index contributed by atoms with van der Waals surface area (Å²) < 4.78 is 30.6. The Morgan fingerprint density at radius 2 is 1.82 bits per heavy atom. The van der Waals surface area contributed by atoms with Crippen molar-refractivity contribution < 1.29 is 19.1 Å². The molecule has 0 spiro atoms. The molecular formula is C23H29F2N7O2. The summed E-state index contributed by atoms with van der Waals surface area (Å²) in [6, 6.07) is 3.90. The number of imidazole rings is 1. The Balaban J connectivity index is 0.00000274. The minimum absolute atomic E-state index is 0. The van der Waals surface area contributed by atoms with E-state index in [-0.39, 0.29) is 29.1 Å². The molecule has 1 aromatic carbocycles. The highest BCUT2D eigenvalue weighted by molar-refractivity contribution is 5.77. The fourth-order valence-electron chi connectivity index (χ4n) is 4.79. The van der Waals surface area contributed by atoms with Crippen LogP contribution < -0.4 is 10.6 Å². The number of amides is 1. The van der Waals surface area contributed by atoms with Crippen LogP contribution in [0.4, 0.5) is 26.4 Å². The molecule has 3 heterocycles. The summed E-state index contributed by atoms with van der Waals surface area (Å²) in [6.07, 6.45) is 8.10. The highest BCUT2D eigenvalue weighted by Gasteiger charge is 2.30. The fraction of sp³-hybridized carbons (Fsp3) is 0.478. The smallest absolute Gasteiger partial charge is 0.224 e.